The highest BCUT2D eigenvalue weighted by atomic mass is 32.2. The summed E-state index contributed by atoms with van der Waals surface area (Å²) < 4.78 is 25.0. The lowest BCUT2D eigenvalue weighted by Crippen LogP contribution is -2.48. The SMILES string of the molecule is CC(C)CC(=O)NC(C)C.CC(C)CNC(=O)NC(C)C.CC(C)NC(=O)NC(C)(C)C.CC(C)S(=O)(=O)NC(C)(C)C.[HH].[HH].[HH]. The fourth-order valence-corrected chi connectivity index (χ4v) is 3.63. The molecule has 0 aliphatic carbocycles. The van der Waals surface area contributed by atoms with Crippen molar-refractivity contribution in [2.24, 2.45) is 11.8 Å². The minimum Gasteiger partial charge on any atom is -0.354 e. The second-order valence-corrected chi connectivity index (χ2v) is 16.9. The molecule has 0 unspecified atom stereocenters. The van der Waals surface area contributed by atoms with Crippen LogP contribution in [0.2, 0.25) is 0 Å². The summed E-state index contributed by atoms with van der Waals surface area (Å²) in [5.41, 5.74) is -0.526. The van der Waals surface area contributed by atoms with Gasteiger partial charge < -0.3 is 26.6 Å². The Balaban J connectivity index is -0.0000000864. The van der Waals surface area contributed by atoms with Crippen LogP contribution in [0, 0.1) is 11.8 Å². The number of amides is 5. The Morgan fingerprint density at radius 3 is 1.26 bits per heavy atom. The van der Waals surface area contributed by atoms with Crippen molar-refractivity contribution in [3.8, 4) is 0 Å². The number of carbonyl (C=O) groups excluding carboxylic acids is 3. The normalized spacial score (nSPS) is 11.6. The number of hydrogen-bond donors (Lipinski definition) is 6. The summed E-state index contributed by atoms with van der Waals surface area (Å²) in [6.45, 7) is 35.3. The zero-order valence-corrected chi connectivity index (χ0v) is 31.6. The number of sulfonamides is 1. The van der Waals surface area contributed by atoms with Gasteiger partial charge in [-0.25, -0.2) is 22.7 Å². The topological polar surface area (TPSA) is 158 Å². The standard InChI is InChI=1S/2C8H18N2O.C8H17NO.C7H17NO2S.3H2/c1-6(2)9-7(11)10-8(3,4)5;1-6(2)5-9-8(11)10-7(3)4;1-6(2)5-8(10)9-7(3)4;1-6(2)11(9,10)8-7(3,4)5;;;/h6H,1-5H3,(H2,9,10,11);6-7H,5H2,1-4H3,(H2,9,10,11);6-7H,5H2,1-4H3,(H,9,10);6,8H,1-5H3;3*1H. The zero-order valence-electron chi connectivity index (χ0n) is 30.8. The van der Waals surface area contributed by atoms with Gasteiger partial charge in [0.15, 0.2) is 0 Å². The van der Waals surface area contributed by atoms with Gasteiger partial charge in [-0.1, -0.05) is 27.7 Å². The lowest BCUT2D eigenvalue weighted by atomic mass is 10.1. The first-order chi connectivity index (χ1) is 19.0. The molecule has 0 radical (unpaired) electrons. The van der Waals surface area contributed by atoms with Crippen LogP contribution in [0.15, 0.2) is 0 Å². The number of nitrogens with one attached hydrogen (secondary N) is 6. The third-order valence-electron chi connectivity index (χ3n) is 4.11. The van der Waals surface area contributed by atoms with Crippen LogP contribution in [0.5, 0.6) is 0 Å². The van der Waals surface area contributed by atoms with E-state index in [0.717, 1.165) is 6.54 Å². The Kier molecular flexibility index (Phi) is 25.9. The third-order valence-corrected chi connectivity index (χ3v) is 6.25. The quantitative estimate of drug-likeness (QED) is 0.175. The van der Waals surface area contributed by atoms with Gasteiger partial charge in [0.1, 0.15) is 0 Å². The number of carbonyl (C=O) groups is 3. The molecule has 0 aromatic rings. The molecule has 0 bridgehead atoms. The average molecular weight is 645 g/mol. The highest BCUT2D eigenvalue weighted by molar-refractivity contribution is 7.90. The molecule has 11 nitrogen and oxygen atoms in total. The molecule has 0 saturated carbocycles. The van der Waals surface area contributed by atoms with Crippen LogP contribution < -0.4 is 31.3 Å². The third kappa shape index (κ3) is 44.5. The largest absolute Gasteiger partial charge is 0.354 e. The van der Waals surface area contributed by atoms with Gasteiger partial charge in [-0.15, -0.1) is 0 Å². The summed E-state index contributed by atoms with van der Waals surface area (Å²) >= 11 is 0. The highest BCUT2D eigenvalue weighted by Gasteiger charge is 2.22. The van der Waals surface area contributed by atoms with Crippen molar-refractivity contribution in [2.45, 2.75) is 166 Å². The molecule has 43 heavy (non-hydrogen) atoms. The van der Waals surface area contributed by atoms with Crippen LogP contribution in [-0.4, -0.2) is 67.4 Å². The van der Waals surface area contributed by atoms with Gasteiger partial charge >= 0.3 is 12.1 Å². The maximum absolute atomic E-state index is 11.2. The van der Waals surface area contributed by atoms with E-state index in [4.69, 9.17) is 0 Å². The number of urea groups is 2. The predicted molar refractivity (Wildman–Crippen MR) is 189 cm³/mol. The van der Waals surface area contributed by atoms with Gasteiger partial charge in [0.2, 0.25) is 15.9 Å². The van der Waals surface area contributed by atoms with Crippen molar-refractivity contribution < 1.29 is 27.1 Å². The number of hydrogen-bond acceptors (Lipinski definition) is 5. The van der Waals surface area contributed by atoms with E-state index >= 15 is 0 Å². The highest BCUT2D eigenvalue weighted by Crippen LogP contribution is 2.05. The molecule has 0 aliphatic rings. The van der Waals surface area contributed by atoms with E-state index in [1.807, 2.05) is 96.9 Å². The monoisotopic (exact) mass is 645 g/mol. The molecular weight excluding hydrogens is 568 g/mol. The Hall–Kier alpha value is -2.08. The lowest BCUT2D eigenvalue weighted by molar-refractivity contribution is -0.122. The molecule has 0 atom stereocenters. The molecule has 5 amide bonds. The van der Waals surface area contributed by atoms with Crippen LogP contribution >= 0.6 is 0 Å². The minimum absolute atomic E-state index is 0. The summed E-state index contributed by atoms with van der Waals surface area (Å²) in [4.78, 5) is 32.9. The summed E-state index contributed by atoms with van der Waals surface area (Å²) in [6.07, 6.45) is 0.637. The summed E-state index contributed by atoms with van der Waals surface area (Å²) in [5, 5.41) is 13.5. The van der Waals surface area contributed by atoms with E-state index in [1.54, 1.807) is 13.8 Å². The van der Waals surface area contributed by atoms with Gasteiger partial charge in [0.25, 0.3) is 0 Å². The van der Waals surface area contributed by atoms with Crippen molar-refractivity contribution in [1.29, 1.82) is 0 Å². The van der Waals surface area contributed by atoms with E-state index in [-0.39, 0.29) is 56.7 Å². The summed E-state index contributed by atoms with van der Waals surface area (Å²) in [6, 6.07) is 0.493. The molecular formula is C31H76N6O5S. The molecule has 0 heterocycles. The molecule has 0 aromatic carbocycles. The van der Waals surface area contributed by atoms with E-state index in [0.29, 0.717) is 18.3 Å². The van der Waals surface area contributed by atoms with Crippen LogP contribution in [0.25, 0.3) is 0 Å². The van der Waals surface area contributed by atoms with Crippen molar-refractivity contribution >= 4 is 28.0 Å². The van der Waals surface area contributed by atoms with E-state index in [2.05, 4.69) is 45.2 Å². The van der Waals surface area contributed by atoms with E-state index in [1.165, 1.54) is 0 Å². The van der Waals surface area contributed by atoms with Crippen LogP contribution in [0.1, 0.15) is 135 Å². The molecule has 0 aliphatic heterocycles. The van der Waals surface area contributed by atoms with Crippen molar-refractivity contribution in [3.05, 3.63) is 0 Å². The van der Waals surface area contributed by atoms with Gasteiger partial charge in [0.05, 0.1) is 5.25 Å². The Morgan fingerprint density at radius 1 is 0.605 bits per heavy atom. The lowest BCUT2D eigenvalue weighted by Gasteiger charge is -2.21. The molecule has 266 valence electrons. The first kappa shape index (κ1) is 47.8. The van der Waals surface area contributed by atoms with Gasteiger partial charge in [0, 0.05) is 46.4 Å². The fraction of sp³-hybridized carbons (Fsp3) is 0.903. The van der Waals surface area contributed by atoms with Crippen molar-refractivity contribution in [3.63, 3.8) is 0 Å². The molecule has 0 fully saturated rings. The van der Waals surface area contributed by atoms with Crippen molar-refractivity contribution in [2.75, 3.05) is 6.54 Å². The summed E-state index contributed by atoms with van der Waals surface area (Å²) in [5.74, 6) is 1.12. The first-order valence-electron chi connectivity index (χ1n) is 15.5. The Morgan fingerprint density at radius 2 is 1.00 bits per heavy atom. The molecule has 0 saturated heterocycles. The molecule has 0 aromatic heterocycles. The van der Waals surface area contributed by atoms with Crippen LogP contribution in [-0.2, 0) is 14.8 Å². The molecule has 12 heteroatoms. The smallest absolute Gasteiger partial charge is 0.315 e. The average Bonchev–Trinajstić information content (AvgIpc) is 2.68. The maximum Gasteiger partial charge on any atom is 0.315 e. The maximum atomic E-state index is 11.2. The van der Waals surface area contributed by atoms with Gasteiger partial charge in [-0.05, 0) is 109 Å². The van der Waals surface area contributed by atoms with Gasteiger partial charge in [-0.2, -0.15) is 0 Å². The first-order valence-corrected chi connectivity index (χ1v) is 17.0. The molecule has 6 N–H and O–H groups in total. The Labute approximate surface area is 270 Å². The Bertz CT molecular complexity index is 861. The fourth-order valence-electron chi connectivity index (χ4n) is 2.55. The van der Waals surface area contributed by atoms with Crippen LogP contribution in [0.3, 0.4) is 0 Å². The second kappa shape index (κ2) is 23.3. The second-order valence-electron chi connectivity index (χ2n) is 14.7. The predicted octanol–water partition coefficient (Wildman–Crippen LogP) is 6.25. The van der Waals surface area contributed by atoms with Gasteiger partial charge in [-0.3, -0.25) is 4.79 Å². The van der Waals surface area contributed by atoms with Crippen molar-refractivity contribution in [1.82, 2.24) is 31.3 Å². The van der Waals surface area contributed by atoms with E-state index in [9.17, 15) is 22.8 Å². The van der Waals surface area contributed by atoms with E-state index < -0.39 is 10.0 Å². The molecule has 0 rings (SSSR count). The summed E-state index contributed by atoms with van der Waals surface area (Å²) in [7, 11) is -3.11. The number of rotatable bonds is 9. The van der Waals surface area contributed by atoms with Crippen LogP contribution in [0.4, 0.5) is 9.59 Å². The minimum atomic E-state index is -3.11. The molecule has 0 spiro atoms. The zero-order chi connectivity index (χ0) is 35.4.